The Hall–Kier alpha value is -2.99. The lowest BCUT2D eigenvalue weighted by molar-refractivity contribution is -0.122. The van der Waals surface area contributed by atoms with Crippen molar-refractivity contribution in [3.63, 3.8) is 0 Å². The van der Waals surface area contributed by atoms with Crippen LogP contribution < -0.4 is 5.32 Å². The second-order valence-electron chi connectivity index (χ2n) is 9.00. The zero-order valence-electron chi connectivity index (χ0n) is 19.6. The van der Waals surface area contributed by atoms with E-state index in [0.29, 0.717) is 32.0 Å². The Bertz CT molecular complexity index is 1110. The Morgan fingerprint density at radius 3 is 2.21 bits per heavy atom. The second kappa shape index (κ2) is 10.3. The average molecular weight is 462 g/mol. The first kappa shape index (κ1) is 23.2. The SMILES string of the molecule is Cc1ccc(CNC(=O)CC2CCN(C(=O)c3sc(-c4ccc(C)cc4)nc3C)CC2)cc1. The maximum atomic E-state index is 13.1. The molecule has 1 N–H and O–H groups in total. The van der Waals surface area contributed by atoms with E-state index < -0.39 is 0 Å². The number of hydrogen-bond acceptors (Lipinski definition) is 4. The molecule has 0 atom stereocenters. The van der Waals surface area contributed by atoms with Crippen molar-refractivity contribution in [2.24, 2.45) is 5.92 Å². The van der Waals surface area contributed by atoms with Crippen LogP contribution in [0.2, 0.25) is 0 Å². The van der Waals surface area contributed by atoms with Gasteiger partial charge in [-0.2, -0.15) is 0 Å². The molecular weight excluding hydrogens is 430 g/mol. The van der Waals surface area contributed by atoms with E-state index >= 15 is 0 Å². The summed E-state index contributed by atoms with van der Waals surface area (Å²) in [6.07, 6.45) is 2.23. The molecule has 2 heterocycles. The van der Waals surface area contributed by atoms with E-state index in [1.165, 1.54) is 22.5 Å². The van der Waals surface area contributed by atoms with Crippen molar-refractivity contribution < 1.29 is 9.59 Å². The van der Waals surface area contributed by atoms with Crippen molar-refractivity contribution in [1.29, 1.82) is 0 Å². The van der Waals surface area contributed by atoms with E-state index in [2.05, 4.69) is 60.5 Å². The second-order valence-corrected chi connectivity index (χ2v) is 10.0. The summed E-state index contributed by atoms with van der Waals surface area (Å²) in [6, 6.07) is 16.4. The van der Waals surface area contributed by atoms with Crippen LogP contribution in [0.5, 0.6) is 0 Å². The van der Waals surface area contributed by atoms with E-state index in [4.69, 9.17) is 0 Å². The molecular formula is C27H31N3O2S. The number of piperidine rings is 1. The van der Waals surface area contributed by atoms with Gasteiger partial charge in [0.2, 0.25) is 5.91 Å². The van der Waals surface area contributed by atoms with Crippen LogP contribution in [-0.4, -0.2) is 34.8 Å². The Morgan fingerprint density at radius 2 is 1.58 bits per heavy atom. The van der Waals surface area contributed by atoms with Crippen LogP contribution in [0.3, 0.4) is 0 Å². The fraction of sp³-hybridized carbons (Fsp3) is 0.370. The summed E-state index contributed by atoms with van der Waals surface area (Å²) in [5.74, 6) is 0.463. The number of aryl methyl sites for hydroxylation is 3. The number of aromatic nitrogens is 1. The fourth-order valence-corrected chi connectivity index (χ4v) is 5.18. The molecule has 0 saturated carbocycles. The average Bonchev–Trinajstić information content (AvgIpc) is 3.20. The number of hydrogen-bond donors (Lipinski definition) is 1. The number of rotatable bonds is 6. The Kier molecular flexibility index (Phi) is 7.23. The van der Waals surface area contributed by atoms with Gasteiger partial charge in [-0.3, -0.25) is 9.59 Å². The van der Waals surface area contributed by atoms with Crippen molar-refractivity contribution in [1.82, 2.24) is 15.2 Å². The molecule has 0 spiro atoms. The summed E-state index contributed by atoms with van der Waals surface area (Å²) in [4.78, 5) is 32.8. The van der Waals surface area contributed by atoms with Crippen LogP contribution in [0.25, 0.3) is 10.6 Å². The Labute approximate surface area is 199 Å². The van der Waals surface area contributed by atoms with Crippen molar-refractivity contribution in [3.8, 4) is 10.6 Å². The predicted octanol–water partition coefficient (Wildman–Crippen LogP) is 5.29. The van der Waals surface area contributed by atoms with E-state index in [1.807, 2.05) is 24.0 Å². The zero-order valence-corrected chi connectivity index (χ0v) is 20.4. The van der Waals surface area contributed by atoms with Crippen molar-refractivity contribution in [3.05, 3.63) is 75.8 Å². The molecule has 1 saturated heterocycles. The highest BCUT2D eigenvalue weighted by Gasteiger charge is 2.27. The lowest BCUT2D eigenvalue weighted by Crippen LogP contribution is -2.39. The Balaban J connectivity index is 1.28. The van der Waals surface area contributed by atoms with Crippen LogP contribution in [0, 0.1) is 26.7 Å². The molecule has 2 aromatic carbocycles. The van der Waals surface area contributed by atoms with Crippen molar-refractivity contribution in [2.75, 3.05) is 13.1 Å². The monoisotopic (exact) mass is 461 g/mol. The molecule has 33 heavy (non-hydrogen) atoms. The first-order valence-corrected chi connectivity index (χ1v) is 12.4. The van der Waals surface area contributed by atoms with Gasteiger partial charge in [-0.05, 0) is 45.1 Å². The molecule has 1 aromatic heterocycles. The molecule has 172 valence electrons. The largest absolute Gasteiger partial charge is 0.352 e. The molecule has 1 fully saturated rings. The van der Waals surface area contributed by atoms with E-state index in [-0.39, 0.29) is 11.8 Å². The smallest absolute Gasteiger partial charge is 0.265 e. The molecule has 0 bridgehead atoms. The molecule has 1 aliphatic rings. The van der Waals surface area contributed by atoms with Gasteiger partial charge >= 0.3 is 0 Å². The minimum atomic E-state index is 0.0608. The van der Waals surface area contributed by atoms with Gasteiger partial charge < -0.3 is 10.2 Å². The quantitative estimate of drug-likeness (QED) is 0.542. The fourth-order valence-electron chi connectivity index (χ4n) is 4.14. The van der Waals surface area contributed by atoms with Crippen LogP contribution in [0.15, 0.2) is 48.5 Å². The van der Waals surface area contributed by atoms with Crippen LogP contribution in [0.4, 0.5) is 0 Å². The van der Waals surface area contributed by atoms with E-state index in [1.54, 1.807) is 0 Å². The topological polar surface area (TPSA) is 62.3 Å². The predicted molar refractivity (Wildman–Crippen MR) is 133 cm³/mol. The summed E-state index contributed by atoms with van der Waals surface area (Å²) in [5, 5.41) is 3.91. The van der Waals surface area contributed by atoms with Crippen LogP contribution in [-0.2, 0) is 11.3 Å². The highest BCUT2D eigenvalue weighted by molar-refractivity contribution is 7.17. The number of nitrogens with zero attached hydrogens (tertiary/aromatic N) is 2. The lowest BCUT2D eigenvalue weighted by atomic mass is 9.93. The van der Waals surface area contributed by atoms with Gasteiger partial charge in [-0.15, -0.1) is 11.3 Å². The molecule has 0 aliphatic carbocycles. The highest BCUT2D eigenvalue weighted by Crippen LogP contribution is 2.30. The molecule has 1 aliphatic heterocycles. The number of carbonyl (C=O) groups excluding carboxylic acids is 2. The van der Waals surface area contributed by atoms with E-state index in [0.717, 1.165) is 39.5 Å². The van der Waals surface area contributed by atoms with Gasteiger partial charge in [-0.1, -0.05) is 59.7 Å². The minimum absolute atomic E-state index is 0.0608. The molecule has 6 heteroatoms. The molecule has 2 amide bonds. The number of amides is 2. The molecule has 0 unspecified atom stereocenters. The molecule has 3 aromatic rings. The summed E-state index contributed by atoms with van der Waals surface area (Å²) in [5.41, 5.74) is 5.36. The highest BCUT2D eigenvalue weighted by atomic mass is 32.1. The standard InChI is InChI=1S/C27H31N3O2S/c1-18-4-8-22(9-5-18)17-28-24(31)16-21-12-14-30(15-13-21)27(32)25-20(3)29-26(33-25)23-10-6-19(2)7-11-23/h4-11,21H,12-17H2,1-3H3,(H,28,31). The van der Waals surface area contributed by atoms with Gasteiger partial charge in [0, 0.05) is 31.6 Å². The van der Waals surface area contributed by atoms with E-state index in [9.17, 15) is 9.59 Å². The summed E-state index contributed by atoms with van der Waals surface area (Å²) >= 11 is 1.47. The number of carbonyl (C=O) groups is 2. The number of benzene rings is 2. The van der Waals surface area contributed by atoms with Crippen molar-refractivity contribution in [2.45, 2.75) is 46.6 Å². The maximum Gasteiger partial charge on any atom is 0.265 e. The van der Waals surface area contributed by atoms with Gasteiger partial charge in [0.05, 0.1) is 5.69 Å². The maximum absolute atomic E-state index is 13.1. The molecule has 5 nitrogen and oxygen atoms in total. The Morgan fingerprint density at radius 1 is 0.970 bits per heavy atom. The number of likely N-dealkylation sites (tertiary alicyclic amines) is 1. The van der Waals surface area contributed by atoms with Gasteiger partial charge in [0.1, 0.15) is 9.88 Å². The van der Waals surface area contributed by atoms with Gasteiger partial charge in [0.25, 0.3) is 5.91 Å². The molecule has 0 radical (unpaired) electrons. The molecule has 4 rings (SSSR count). The third-order valence-corrected chi connectivity index (χ3v) is 7.47. The summed E-state index contributed by atoms with van der Waals surface area (Å²) < 4.78 is 0. The van der Waals surface area contributed by atoms with Gasteiger partial charge in [0.15, 0.2) is 0 Å². The normalized spacial score (nSPS) is 14.3. The minimum Gasteiger partial charge on any atom is -0.352 e. The third-order valence-electron chi connectivity index (χ3n) is 6.28. The van der Waals surface area contributed by atoms with Gasteiger partial charge in [-0.25, -0.2) is 4.98 Å². The number of nitrogens with one attached hydrogen (secondary N) is 1. The van der Waals surface area contributed by atoms with Crippen molar-refractivity contribution >= 4 is 23.2 Å². The third kappa shape index (κ3) is 5.88. The summed E-state index contributed by atoms with van der Waals surface area (Å²) in [6.45, 7) is 7.96. The first-order valence-electron chi connectivity index (χ1n) is 11.5. The number of thiazole rings is 1. The first-order chi connectivity index (χ1) is 15.9. The lowest BCUT2D eigenvalue weighted by Gasteiger charge is -2.31. The summed E-state index contributed by atoms with van der Waals surface area (Å²) in [7, 11) is 0. The van der Waals surface area contributed by atoms with Crippen LogP contribution >= 0.6 is 11.3 Å². The zero-order chi connectivity index (χ0) is 23.4. The van der Waals surface area contributed by atoms with Crippen LogP contribution in [0.1, 0.15) is 51.3 Å².